The molecular weight excluding hydrogens is 382 g/mol. The SMILES string of the molecule is CCCCCCCCCCCCCCCCCCCCC(O)CNc1ccc(O)cc1. The lowest BCUT2D eigenvalue weighted by Crippen LogP contribution is -2.19. The highest BCUT2D eigenvalue weighted by Crippen LogP contribution is 2.16. The Labute approximate surface area is 193 Å². The van der Waals surface area contributed by atoms with Crippen molar-refractivity contribution < 1.29 is 10.2 Å². The Kier molecular flexibility index (Phi) is 18.5. The van der Waals surface area contributed by atoms with Crippen LogP contribution in [0.1, 0.15) is 129 Å². The van der Waals surface area contributed by atoms with Crippen molar-refractivity contribution in [1.29, 1.82) is 0 Å². The van der Waals surface area contributed by atoms with E-state index in [1.54, 1.807) is 12.1 Å². The van der Waals surface area contributed by atoms with Gasteiger partial charge in [0.2, 0.25) is 0 Å². The number of nitrogens with one attached hydrogen (secondary N) is 1. The molecule has 3 N–H and O–H groups in total. The van der Waals surface area contributed by atoms with E-state index in [-0.39, 0.29) is 11.9 Å². The van der Waals surface area contributed by atoms with E-state index in [0.29, 0.717) is 6.54 Å². The Balaban J connectivity index is 1.75. The fourth-order valence-corrected chi connectivity index (χ4v) is 4.20. The summed E-state index contributed by atoms with van der Waals surface area (Å²) in [5, 5.41) is 22.6. The van der Waals surface area contributed by atoms with Gasteiger partial charge in [0, 0.05) is 12.2 Å². The topological polar surface area (TPSA) is 52.5 Å². The summed E-state index contributed by atoms with van der Waals surface area (Å²) in [4.78, 5) is 0. The zero-order chi connectivity index (χ0) is 22.4. The van der Waals surface area contributed by atoms with Crippen molar-refractivity contribution in [2.24, 2.45) is 0 Å². The van der Waals surface area contributed by atoms with Crippen molar-refractivity contribution in [3.8, 4) is 5.75 Å². The first-order valence-corrected chi connectivity index (χ1v) is 13.4. The van der Waals surface area contributed by atoms with E-state index < -0.39 is 0 Å². The first-order valence-electron chi connectivity index (χ1n) is 13.4. The Hall–Kier alpha value is -1.22. The van der Waals surface area contributed by atoms with E-state index in [9.17, 15) is 10.2 Å². The van der Waals surface area contributed by atoms with Crippen LogP contribution < -0.4 is 5.32 Å². The minimum atomic E-state index is -0.296. The van der Waals surface area contributed by atoms with E-state index in [4.69, 9.17) is 0 Å². The summed E-state index contributed by atoms with van der Waals surface area (Å²) in [5.74, 6) is 0.268. The third-order valence-corrected chi connectivity index (χ3v) is 6.30. The van der Waals surface area contributed by atoms with Crippen LogP contribution in [0.5, 0.6) is 5.75 Å². The number of hydrogen-bond acceptors (Lipinski definition) is 3. The Bertz CT molecular complexity index is 488. The molecule has 1 rings (SSSR count). The highest BCUT2D eigenvalue weighted by Gasteiger charge is 2.04. The number of hydrogen-bond donors (Lipinski definition) is 3. The van der Waals surface area contributed by atoms with Crippen molar-refractivity contribution >= 4 is 5.69 Å². The molecule has 31 heavy (non-hydrogen) atoms. The van der Waals surface area contributed by atoms with Crippen LogP contribution in [0.4, 0.5) is 5.69 Å². The molecule has 0 aliphatic heterocycles. The van der Waals surface area contributed by atoms with Crippen LogP contribution in [0.3, 0.4) is 0 Å². The lowest BCUT2D eigenvalue weighted by molar-refractivity contribution is 0.173. The normalized spacial score (nSPS) is 12.2. The number of phenols is 1. The van der Waals surface area contributed by atoms with E-state index in [1.807, 2.05) is 12.1 Å². The molecule has 180 valence electrons. The van der Waals surface area contributed by atoms with Crippen LogP contribution in [0.15, 0.2) is 24.3 Å². The van der Waals surface area contributed by atoms with Crippen molar-refractivity contribution in [2.75, 3.05) is 11.9 Å². The number of unbranched alkanes of at least 4 members (excludes halogenated alkanes) is 17. The van der Waals surface area contributed by atoms with Crippen LogP contribution in [0.2, 0.25) is 0 Å². The fraction of sp³-hybridized carbons (Fsp3) is 0.786. The van der Waals surface area contributed by atoms with Crippen LogP contribution >= 0.6 is 0 Å². The number of phenolic OH excluding ortho intramolecular Hbond substituents is 1. The smallest absolute Gasteiger partial charge is 0.115 e. The zero-order valence-corrected chi connectivity index (χ0v) is 20.4. The summed E-state index contributed by atoms with van der Waals surface area (Å²) in [7, 11) is 0. The number of rotatable bonds is 22. The minimum Gasteiger partial charge on any atom is -0.508 e. The van der Waals surface area contributed by atoms with Gasteiger partial charge in [-0.3, -0.25) is 0 Å². The number of aliphatic hydroxyl groups excluding tert-OH is 1. The molecule has 0 bridgehead atoms. The monoisotopic (exact) mass is 433 g/mol. The summed E-state index contributed by atoms with van der Waals surface area (Å²) >= 11 is 0. The molecule has 0 fully saturated rings. The highest BCUT2D eigenvalue weighted by molar-refractivity contribution is 5.45. The third kappa shape index (κ3) is 18.1. The van der Waals surface area contributed by atoms with Gasteiger partial charge in [-0.15, -0.1) is 0 Å². The van der Waals surface area contributed by atoms with Gasteiger partial charge in [0.1, 0.15) is 5.75 Å². The summed E-state index contributed by atoms with van der Waals surface area (Å²) in [5.41, 5.74) is 0.939. The largest absolute Gasteiger partial charge is 0.508 e. The van der Waals surface area contributed by atoms with Crippen LogP contribution in [-0.2, 0) is 0 Å². The molecule has 1 atom stereocenters. The standard InChI is InChI=1S/C28H51NO2/c1-2-3-4-5-6-7-8-9-10-11-12-13-14-15-16-17-18-19-20-28(31)25-29-26-21-23-27(30)24-22-26/h21-24,28-31H,2-20,25H2,1H3. The Morgan fingerprint density at radius 3 is 1.42 bits per heavy atom. The van der Waals surface area contributed by atoms with Crippen molar-refractivity contribution in [2.45, 2.75) is 135 Å². The predicted molar refractivity (Wildman–Crippen MR) is 136 cm³/mol. The van der Waals surface area contributed by atoms with Gasteiger partial charge < -0.3 is 15.5 Å². The number of aliphatic hydroxyl groups is 1. The summed E-state index contributed by atoms with van der Waals surface area (Å²) in [6.45, 7) is 2.86. The van der Waals surface area contributed by atoms with E-state index >= 15 is 0 Å². The summed E-state index contributed by atoms with van der Waals surface area (Å²) in [6, 6.07) is 6.98. The molecule has 3 nitrogen and oxygen atoms in total. The molecule has 1 aromatic carbocycles. The molecule has 0 aliphatic rings. The van der Waals surface area contributed by atoms with Gasteiger partial charge in [0.05, 0.1) is 6.10 Å². The van der Waals surface area contributed by atoms with Gasteiger partial charge in [0.25, 0.3) is 0 Å². The molecular formula is C28H51NO2. The van der Waals surface area contributed by atoms with Crippen LogP contribution in [-0.4, -0.2) is 22.9 Å². The molecule has 0 spiro atoms. The average molecular weight is 434 g/mol. The third-order valence-electron chi connectivity index (χ3n) is 6.30. The second kappa shape index (κ2) is 20.7. The first-order chi connectivity index (χ1) is 15.2. The maximum Gasteiger partial charge on any atom is 0.115 e. The van der Waals surface area contributed by atoms with Gasteiger partial charge in [0.15, 0.2) is 0 Å². The molecule has 0 radical (unpaired) electrons. The molecule has 3 heteroatoms. The molecule has 0 saturated heterocycles. The van der Waals surface area contributed by atoms with Crippen molar-refractivity contribution in [3.05, 3.63) is 24.3 Å². The molecule has 0 amide bonds. The molecule has 0 aliphatic carbocycles. The molecule has 1 unspecified atom stereocenters. The summed E-state index contributed by atoms with van der Waals surface area (Å²) in [6.07, 6.45) is 25.5. The number of benzene rings is 1. The molecule has 1 aromatic rings. The van der Waals surface area contributed by atoms with Crippen LogP contribution in [0.25, 0.3) is 0 Å². The Morgan fingerprint density at radius 2 is 1.00 bits per heavy atom. The number of anilines is 1. The second-order valence-corrected chi connectivity index (χ2v) is 9.38. The highest BCUT2D eigenvalue weighted by atomic mass is 16.3. The van der Waals surface area contributed by atoms with E-state index in [2.05, 4.69) is 12.2 Å². The maximum absolute atomic E-state index is 10.1. The zero-order valence-electron chi connectivity index (χ0n) is 20.4. The summed E-state index contributed by atoms with van der Waals surface area (Å²) < 4.78 is 0. The van der Waals surface area contributed by atoms with Gasteiger partial charge in [-0.05, 0) is 30.7 Å². The number of aromatic hydroxyl groups is 1. The second-order valence-electron chi connectivity index (χ2n) is 9.38. The quantitative estimate of drug-likeness (QED) is 0.127. The lowest BCUT2D eigenvalue weighted by atomic mass is 10.0. The predicted octanol–water partition coefficient (Wildman–Crippen LogP) is 8.60. The van der Waals surface area contributed by atoms with E-state index in [1.165, 1.54) is 109 Å². The molecule has 0 heterocycles. The minimum absolute atomic E-state index is 0.268. The fourth-order valence-electron chi connectivity index (χ4n) is 4.20. The van der Waals surface area contributed by atoms with Gasteiger partial charge in [-0.25, -0.2) is 0 Å². The Morgan fingerprint density at radius 1 is 0.613 bits per heavy atom. The van der Waals surface area contributed by atoms with Gasteiger partial charge in [-0.1, -0.05) is 122 Å². The van der Waals surface area contributed by atoms with E-state index in [0.717, 1.165) is 18.5 Å². The van der Waals surface area contributed by atoms with Crippen LogP contribution in [0, 0.1) is 0 Å². The van der Waals surface area contributed by atoms with Crippen molar-refractivity contribution in [3.63, 3.8) is 0 Å². The molecule has 0 saturated carbocycles. The average Bonchev–Trinajstić information content (AvgIpc) is 2.78. The van der Waals surface area contributed by atoms with Crippen molar-refractivity contribution in [1.82, 2.24) is 0 Å². The maximum atomic E-state index is 10.1. The lowest BCUT2D eigenvalue weighted by Gasteiger charge is -2.12. The molecule has 0 aromatic heterocycles. The van der Waals surface area contributed by atoms with Gasteiger partial charge in [-0.2, -0.15) is 0 Å². The first kappa shape index (κ1) is 27.8. The van der Waals surface area contributed by atoms with Gasteiger partial charge >= 0.3 is 0 Å².